The summed E-state index contributed by atoms with van der Waals surface area (Å²) in [6.07, 6.45) is 0. The van der Waals surface area contributed by atoms with Crippen LogP contribution in [-0.4, -0.2) is 0 Å². The molecule has 35 heavy (non-hydrogen) atoms. The van der Waals surface area contributed by atoms with Gasteiger partial charge in [0, 0.05) is 11.4 Å². The maximum absolute atomic E-state index is 3.52. The van der Waals surface area contributed by atoms with Crippen LogP contribution in [0.25, 0.3) is 44.2 Å². The molecule has 0 heterocycles. The first-order valence-corrected chi connectivity index (χ1v) is 11.9. The van der Waals surface area contributed by atoms with Crippen LogP contribution in [0.4, 0.5) is 11.4 Å². The van der Waals surface area contributed by atoms with Crippen LogP contribution in [0.15, 0.2) is 146 Å². The Morgan fingerprint density at radius 2 is 0.686 bits per heavy atom. The van der Waals surface area contributed by atoms with Crippen LogP contribution in [-0.2, 0) is 0 Å². The van der Waals surface area contributed by atoms with Gasteiger partial charge in [-0.3, -0.25) is 0 Å². The van der Waals surface area contributed by atoms with Crippen molar-refractivity contribution >= 4 is 22.1 Å². The van der Waals surface area contributed by atoms with Crippen molar-refractivity contribution in [2.24, 2.45) is 0 Å². The van der Waals surface area contributed by atoms with Crippen molar-refractivity contribution in [3.05, 3.63) is 146 Å². The van der Waals surface area contributed by atoms with Crippen LogP contribution in [0, 0.1) is 0 Å². The minimum Gasteiger partial charge on any atom is -0.356 e. The van der Waals surface area contributed by atoms with Gasteiger partial charge in [-0.15, -0.1) is 0 Å². The molecular weight excluding hydrogens is 422 g/mol. The van der Waals surface area contributed by atoms with E-state index in [1.54, 1.807) is 0 Å². The van der Waals surface area contributed by atoms with E-state index in [1.165, 1.54) is 44.2 Å². The Morgan fingerprint density at radius 1 is 0.286 bits per heavy atom. The quantitative estimate of drug-likeness (QED) is 0.277. The van der Waals surface area contributed by atoms with E-state index in [0.717, 1.165) is 11.4 Å². The van der Waals surface area contributed by atoms with Gasteiger partial charge in [0.1, 0.15) is 0 Å². The van der Waals surface area contributed by atoms with Crippen LogP contribution in [0.2, 0.25) is 0 Å². The average Bonchev–Trinajstić information content (AvgIpc) is 2.94. The molecule has 0 radical (unpaired) electrons. The van der Waals surface area contributed by atoms with Gasteiger partial charge in [-0.05, 0) is 74.5 Å². The van der Waals surface area contributed by atoms with E-state index < -0.39 is 0 Å². The molecule has 0 spiro atoms. The molecule has 6 aromatic rings. The highest BCUT2D eigenvalue weighted by Crippen LogP contribution is 2.29. The lowest BCUT2D eigenvalue weighted by molar-refractivity contribution is 1.53. The first kappa shape index (κ1) is 20.9. The molecule has 1 heteroatoms. The second-order valence-corrected chi connectivity index (χ2v) is 8.79. The number of fused-ring (bicyclic) bond motifs is 1. The summed E-state index contributed by atoms with van der Waals surface area (Å²) in [5, 5.41) is 6.06. The van der Waals surface area contributed by atoms with Crippen molar-refractivity contribution in [3.63, 3.8) is 0 Å². The Hall–Kier alpha value is -4.62. The van der Waals surface area contributed by atoms with Crippen molar-refractivity contribution in [3.8, 4) is 33.4 Å². The summed E-state index contributed by atoms with van der Waals surface area (Å²) < 4.78 is 0. The third-order valence-electron chi connectivity index (χ3n) is 6.47. The van der Waals surface area contributed by atoms with Crippen LogP contribution < -0.4 is 5.32 Å². The van der Waals surface area contributed by atoms with Gasteiger partial charge in [0.15, 0.2) is 0 Å². The lowest BCUT2D eigenvalue weighted by Crippen LogP contribution is -1.90. The zero-order valence-electron chi connectivity index (χ0n) is 19.4. The summed E-state index contributed by atoms with van der Waals surface area (Å²) in [5.74, 6) is 0. The first-order chi connectivity index (χ1) is 17.3. The van der Waals surface area contributed by atoms with E-state index in [1.807, 2.05) is 6.07 Å². The molecule has 0 aromatic heterocycles. The number of rotatable bonds is 5. The summed E-state index contributed by atoms with van der Waals surface area (Å²) in [5.41, 5.74) is 9.51. The number of nitrogens with one attached hydrogen (secondary N) is 1. The highest BCUT2D eigenvalue weighted by atomic mass is 14.9. The molecule has 0 fully saturated rings. The van der Waals surface area contributed by atoms with Crippen molar-refractivity contribution in [2.45, 2.75) is 0 Å². The molecule has 6 aromatic carbocycles. The fourth-order valence-electron chi connectivity index (χ4n) is 4.51. The van der Waals surface area contributed by atoms with Gasteiger partial charge in [-0.25, -0.2) is 0 Å². The van der Waals surface area contributed by atoms with E-state index >= 15 is 0 Å². The number of hydrogen-bond acceptors (Lipinski definition) is 1. The van der Waals surface area contributed by atoms with Gasteiger partial charge < -0.3 is 5.32 Å². The Bertz CT molecular complexity index is 1560. The minimum absolute atomic E-state index is 1.08. The van der Waals surface area contributed by atoms with E-state index in [-0.39, 0.29) is 0 Å². The van der Waals surface area contributed by atoms with Gasteiger partial charge in [0.05, 0.1) is 0 Å². The third kappa shape index (κ3) is 4.58. The molecule has 0 unspecified atom stereocenters. The zero-order chi connectivity index (χ0) is 23.5. The normalized spacial score (nSPS) is 10.9. The number of benzene rings is 6. The third-order valence-corrected chi connectivity index (χ3v) is 6.47. The fraction of sp³-hybridized carbons (Fsp3) is 0. The molecule has 166 valence electrons. The van der Waals surface area contributed by atoms with Crippen molar-refractivity contribution in [1.82, 2.24) is 0 Å². The molecule has 0 amide bonds. The average molecular weight is 448 g/mol. The molecule has 0 aliphatic carbocycles. The molecule has 0 saturated heterocycles. The van der Waals surface area contributed by atoms with Crippen molar-refractivity contribution in [1.29, 1.82) is 0 Å². The summed E-state index contributed by atoms with van der Waals surface area (Å²) in [4.78, 5) is 0. The Labute approximate surface area is 206 Å². The fourth-order valence-corrected chi connectivity index (χ4v) is 4.51. The molecule has 0 atom stereocenters. The Kier molecular flexibility index (Phi) is 5.58. The van der Waals surface area contributed by atoms with E-state index in [9.17, 15) is 0 Å². The standard InChI is InChI=1S/C34H25N/c1-2-6-25(7-3-1)27-10-12-28(13-11-27)29-16-20-33(21-17-29)35-34-22-18-30(19-23-34)32-15-14-26-8-4-5-9-31(26)24-32/h1-24,35H. The number of anilines is 2. The first-order valence-electron chi connectivity index (χ1n) is 11.9. The maximum atomic E-state index is 3.52. The molecule has 0 aliphatic heterocycles. The smallest absolute Gasteiger partial charge is 0.0384 e. The minimum atomic E-state index is 1.08. The second kappa shape index (κ2) is 9.32. The van der Waals surface area contributed by atoms with Crippen LogP contribution >= 0.6 is 0 Å². The highest BCUT2D eigenvalue weighted by molar-refractivity contribution is 5.87. The van der Waals surface area contributed by atoms with E-state index in [4.69, 9.17) is 0 Å². The monoisotopic (exact) mass is 447 g/mol. The molecule has 6 rings (SSSR count). The predicted octanol–water partition coefficient (Wildman–Crippen LogP) is 9.58. The SMILES string of the molecule is c1ccc(-c2ccc(-c3ccc(Nc4ccc(-c5ccc6ccccc6c5)cc4)cc3)cc2)cc1. The predicted molar refractivity (Wildman–Crippen MR) is 150 cm³/mol. The van der Waals surface area contributed by atoms with Crippen LogP contribution in [0.1, 0.15) is 0 Å². The van der Waals surface area contributed by atoms with Crippen molar-refractivity contribution in [2.75, 3.05) is 5.32 Å². The van der Waals surface area contributed by atoms with Crippen LogP contribution in [0.5, 0.6) is 0 Å². The van der Waals surface area contributed by atoms with Crippen LogP contribution in [0.3, 0.4) is 0 Å². The van der Waals surface area contributed by atoms with E-state index in [2.05, 4.69) is 145 Å². The summed E-state index contributed by atoms with van der Waals surface area (Å²) in [7, 11) is 0. The molecule has 0 bridgehead atoms. The van der Waals surface area contributed by atoms with E-state index in [0.29, 0.717) is 0 Å². The molecule has 1 N–H and O–H groups in total. The van der Waals surface area contributed by atoms with Gasteiger partial charge in [0.25, 0.3) is 0 Å². The van der Waals surface area contributed by atoms with Gasteiger partial charge >= 0.3 is 0 Å². The lowest BCUT2D eigenvalue weighted by atomic mass is 10.00. The molecular formula is C34H25N. The van der Waals surface area contributed by atoms with Gasteiger partial charge in [0.2, 0.25) is 0 Å². The van der Waals surface area contributed by atoms with Gasteiger partial charge in [-0.1, -0.05) is 115 Å². The molecule has 1 nitrogen and oxygen atoms in total. The second-order valence-electron chi connectivity index (χ2n) is 8.79. The Balaban J connectivity index is 1.15. The maximum Gasteiger partial charge on any atom is 0.0384 e. The largest absolute Gasteiger partial charge is 0.356 e. The van der Waals surface area contributed by atoms with Crippen molar-refractivity contribution < 1.29 is 0 Å². The lowest BCUT2D eigenvalue weighted by Gasteiger charge is -2.10. The number of hydrogen-bond donors (Lipinski definition) is 1. The zero-order valence-corrected chi connectivity index (χ0v) is 19.4. The highest BCUT2D eigenvalue weighted by Gasteiger charge is 2.03. The topological polar surface area (TPSA) is 12.0 Å². The summed E-state index contributed by atoms with van der Waals surface area (Å²) >= 11 is 0. The molecule has 0 saturated carbocycles. The van der Waals surface area contributed by atoms with Gasteiger partial charge in [-0.2, -0.15) is 0 Å². The summed E-state index contributed by atoms with van der Waals surface area (Å²) in [6, 6.07) is 51.6. The molecule has 0 aliphatic rings. The Morgan fingerprint density at radius 3 is 1.26 bits per heavy atom. The summed E-state index contributed by atoms with van der Waals surface area (Å²) in [6.45, 7) is 0.